The molecule has 9 heavy (non-hydrogen) atoms. The maximum atomic E-state index is 12.6. The van der Waals surface area contributed by atoms with Crippen molar-refractivity contribution >= 4 is 0 Å². The number of unbranched alkanes of at least 4 members (excludes halogenated alkanes) is 1. The maximum absolute atomic E-state index is 12.6. The lowest BCUT2D eigenvalue weighted by molar-refractivity contribution is 0.198. The fourth-order valence-electron chi connectivity index (χ4n) is 0.588. The molecule has 0 aromatic heterocycles. The molecule has 0 bridgehead atoms. The van der Waals surface area contributed by atoms with Gasteiger partial charge in [-0.25, -0.2) is 4.39 Å². The van der Waals surface area contributed by atoms with Crippen LogP contribution in [0.2, 0.25) is 0 Å². The van der Waals surface area contributed by atoms with Gasteiger partial charge in [-0.05, 0) is 26.7 Å². The molecule has 0 heterocycles. The average Bonchev–Trinajstić information content (AvgIpc) is 1.63. The summed E-state index contributed by atoms with van der Waals surface area (Å²) in [6.07, 6.45) is 1.62. The number of halogens is 1. The van der Waals surface area contributed by atoms with Gasteiger partial charge in [-0.2, -0.15) is 5.26 Å². The van der Waals surface area contributed by atoms with Gasteiger partial charge < -0.3 is 0 Å². The maximum Gasteiger partial charge on any atom is 0.105 e. The highest BCUT2D eigenvalue weighted by molar-refractivity contribution is 4.73. The quantitative estimate of drug-likeness (QED) is 0.537. The molecule has 0 rings (SSSR count). The summed E-state index contributed by atoms with van der Waals surface area (Å²) >= 11 is 0. The zero-order valence-electron chi connectivity index (χ0n) is 5.95. The number of rotatable bonds is 3. The minimum Gasteiger partial charge on any atom is -0.245 e. The largest absolute Gasteiger partial charge is 0.245 e. The third-order valence-electron chi connectivity index (χ3n) is 1.06. The Kier molecular flexibility index (Phi) is 3.22. The Morgan fingerprint density at radius 1 is 1.56 bits per heavy atom. The number of alkyl halides is 1. The Morgan fingerprint density at radius 2 is 2.11 bits per heavy atom. The van der Waals surface area contributed by atoms with Gasteiger partial charge in [0.1, 0.15) is 5.67 Å². The number of hydrogen-bond donors (Lipinski definition) is 0. The third kappa shape index (κ3) is 7.42. The van der Waals surface area contributed by atoms with E-state index >= 15 is 0 Å². The van der Waals surface area contributed by atoms with Gasteiger partial charge in [0, 0.05) is 6.42 Å². The van der Waals surface area contributed by atoms with Crippen LogP contribution >= 0.6 is 0 Å². The Bertz CT molecular complexity index is 107. The molecule has 0 aromatic carbocycles. The first-order chi connectivity index (χ1) is 4.06. The molecule has 0 saturated heterocycles. The molecular formula is C7H12FN. The van der Waals surface area contributed by atoms with Crippen LogP contribution in [0.15, 0.2) is 0 Å². The van der Waals surface area contributed by atoms with Crippen LogP contribution in [0, 0.1) is 11.3 Å². The molecule has 0 aliphatic rings. The Labute approximate surface area is 55.5 Å². The summed E-state index contributed by atoms with van der Waals surface area (Å²) in [7, 11) is 0. The summed E-state index contributed by atoms with van der Waals surface area (Å²) in [5, 5.41) is 8.09. The highest BCUT2D eigenvalue weighted by atomic mass is 19.1. The van der Waals surface area contributed by atoms with Gasteiger partial charge in [0.15, 0.2) is 0 Å². The van der Waals surface area contributed by atoms with Crippen molar-refractivity contribution < 1.29 is 4.39 Å². The molecule has 2 heteroatoms. The molecule has 0 spiro atoms. The molecule has 1 nitrogen and oxygen atoms in total. The van der Waals surface area contributed by atoms with E-state index in [0.29, 0.717) is 19.3 Å². The first-order valence-electron chi connectivity index (χ1n) is 3.12. The van der Waals surface area contributed by atoms with Crippen LogP contribution in [-0.4, -0.2) is 5.67 Å². The van der Waals surface area contributed by atoms with Gasteiger partial charge in [-0.15, -0.1) is 0 Å². The molecule has 52 valence electrons. The Morgan fingerprint density at radius 3 is 2.44 bits per heavy atom. The summed E-state index contributed by atoms with van der Waals surface area (Å²) in [4.78, 5) is 0. The van der Waals surface area contributed by atoms with Crippen molar-refractivity contribution in [3.05, 3.63) is 0 Å². The second kappa shape index (κ2) is 3.45. The lowest BCUT2D eigenvalue weighted by Gasteiger charge is -2.11. The SMILES string of the molecule is CC(C)(F)CCCC#N. The smallest absolute Gasteiger partial charge is 0.105 e. The summed E-state index contributed by atoms with van der Waals surface area (Å²) < 4.78 is 12.6. The standard InChI is InChI=1S/C7H12FN/c1-7(2,8)5-3-4-6-9/h3-5H2,1-2H3. The molecule has 0 unspecified atom stereocenters. The van der Waals surface area contributed by atoms with E-state index in [4.69, 9.17) is 5.26 Å². The fraction of sp³-hybridized carbons (Fsp3) is 0.857. The number of nitriles is 1. The van der Waals surface area contributed by atoms with E-state index in [1.807, 2.05) is 6.07 Å². The van der Waals surface area contributed by atoms with Crippen molar-refractivity contribution in [3.63, 3.8) is 0 Å². The summed E-state index contributed by atoms with van der Waals surface area (Å²) in [5.74, 6) is 0. The van der Waals surface area contributed by atoms with Crippen LogP contribution < -0.4 is 0 Å². The zero-order chi connectivity index (χ0) is 7.33. The number of nitrogens with zero attached hydrogens (tertiary/aromatic N) is 1. The van der Waals surface area contributed by atoms with Crippen molar-refractivity contribution in [1.82, 2.24) is 0 Å². The second-order valence-corrected chi connectivity index (χ2v) is 2.73. The topological polar surface area (TPSA) is 23.8 Å². The molecule has 0 saturated carbocycles. The van der Waals surface area contributed by atoms with E-state index < -0.39 is 5.67 Å². The van der Waals surface area contributed by atoms with Crippen molar-refractivity contribution in [1.29, 1.82) is 5.26 Å². The molecule has 0 aliphatic carbocycles. The third-order valence-corrected chi connectivity index (χ3v) is 1.06. The molecule has 0 fully saturated rings. The highest BCUT2D eigenvalue weighted by Gasteiger charge is 2.13. The minimum absolute atomic E-state index is 0.466. The van der Waals surface area contributed by atoms with Crippen LogP contribution in [0.1, 0.15) is 33.1 Å². The Hall–Kier alpha value is -0.580. The van der Waals surface area contributed by atoms with Crippen LogP contribution in [-0.2, 0) is 0 Å². The van der Waals surface area contributed by atoms with Gasteiger partial charge in [-0.1, -0.05) is 0 Å². The first kappa shape index (κ1) is 8.42. The predicted molar refractivity (Wildman–Crippen MR) is 34.7 cm³/mol. The summed E-state index contributed by atoms with van der Waals surface area (Å²) in [6, 6.07) is 1.97. The van der Waals surface area contributed by atoms with Gasteiger partial charge in [0.05, 0.1) is 6.07 Å². The van der Waals surface area contributed by atoms with E-state index in [1.165, 1.54) is 13.8 Å². The Balaban J connectivity index is 3.20. The molecular weight excluding hydrogens is 117 g/mol. The van der Waals surface area contributed by atoms with E-state index in [2.05, 4.69) is 0 Å². The van der Waals surface area contributed by atoms with Crippen LogP contribution in [0.4, 0.5) is 4.39 Å². The van der Waals surface area contributed by atoms with Crippen molar-refractivity contribution in [2.24, 2.45) is 0 Å². The molecule has 0 aromatic rings. The lowest BCUT2D eigenvalue weighted by atomic mass is 10.0. The normalized spacial score (nSPS) is 10.9. The van der Waals surface area contributed by atoms with Crippen LogP contribution in [0.25, 0.3) is 0 Å². The van der Waals surface area contributed by atoms with Crippen molar-refractivity contribution in [2.75, 3.05) is 0 Å². The molecule has 0 radical (unpaired) electrons. The van der Waals surface area contributed by atoms with Gasteiger partial charge in [-0.3, -0.25) is 0 Å². The van der Waals surface area contributed by atoms with E-state index in [9.17, 15) is 4.39 Å². The van der Waals surface area contributed by atoms with Crippen molar-refractivity contribution in [3.8, 4) is 6.07 Å². The average molecular weight is 129 g/mol. The van der Waals surface area contributed by atoms with E-state index in [-0.39, 0.29) is 0 Å². The summed E-state index contributed by atoms with van der Waals surface area (Å²) in [5.41, 5.74) is -1.10. The minimum atomic E-state index is -1.10. The predicted octanol–water partition coefficient (Wildman–Crippen LogP) is 2.43. The van der Waals surface area contributed by atoms with Crippen molar-refractivity contribution in [2.45, 2.75) is 38.8 Å². The summed E-state index contributed by atoms with van der Waals surface area (Å²) in [6.45, 7) is 3.06. The van der Waals surface area contributed by atoms with Gasteiger partial charge >= 0.3 is 0 Å². The van der Waals surface area contributed by atoms with E-state index in [0.717, 1.165) is 0 Å². The fourth-order valence-corrected chi connectivity index (χ4v) is 0.588. The molecule has 0 N–H and O–H groups in total. The van der Waals surface area contributed by atoms with Crippen LogP contribution in [0.5, 0.6) is 0 Å². The second-order valence-electron chi connectivity index (χ2n) is 2.73. The highest BCUT2D eigenvalue weighted by Crippen LogP contribution is 2.16. The lowest BCUT2D eigenvalue weighted by Crippen LogP contribution is -2.10. The zero-order valence-corrected chi connectivity index (χ0v) is 5.95. The van der Waals surface area contributed by atoms with Crippen LogP contribution in [0.3, 0.4) is 0 Å². The monoisotopic (exact) mass is 129 g/mol. The molecule has 0 aliphatic heterocycles. The number of hydrogen-bond acceptors (Lipinski definition) is 1. The molecule has 0 amide bonds. The first-order valence-corrected chi connectivity index (χ1v) is 3.12. The van der Waals surface area contributed by atoms with Gasteiger partial charge in [0.2, 0.25) is 0 Å². The molecule has 0 atom stereocenters. The van der Waals surface area contributed by atoms with Gasteiger partial charge in [0.25, 0.3) is 0 Å². The van der Waals surface area contributed by atoms with E-state index in [1.54, 1.807) is 0 Å².